The van der Waals surface area contributed by atoms with Crippen molar-refractivity contribution in [3.05, 3.63) is 0 Å². The van der Waals surface area contributed by atoms with Gasteiger partial charge < -0.3 is 10.2 Å². The average molecular weight is 227 g/mol. The van der Waals surface area contributed by atoms with Crippen LogP contribution in [0.4, 0.5) is 13.2 Å². The third-order valence-electron chi connectivity index (χ3n) is 2.68. The first-order valence-electron chi connectivity index (χ1n) is 5.04. The summed E-state index contributed by atoms with van der Waals surface area (Å²) in [5.74, 6) is 0. The second-order valence-electron chi connectivity index (χ2n) is 3.87. The fourth-order valence-corrected chi connectivity index (χ4v) is 2.07. The number of rotatable bonds is 4. The molecule has 1 aliphatic carbocycles. The summed E-state index contributed by atoms with van der Waals surface area (Å²) in [7, 11) is 0. The molecule has 2 atom stereocenters. The van der Waals surface area contributed by atoms with Gasteiger partial charge in [-0.1, -0.05) is 0 Å². The summed E-state index contributed by atoms with van der Waals surface area (Å²) >= 11 is 0. The lowest BCUT2D eigenvalue weighted by molar-refractivity contribution is -0.155. The Hall–Kier alpha value is -0.330. The highest BCUT2D eigenvalue weighted by atomic mass is 19.4. The standard InChI is InChI=1S/C9H16F3NO2/c10-9(11,12)6-13(4-5-14)7-2-1-3-8(7)15/h7-8,14-15H,1-6H2/t7-,8-/m1/s1. The average Bonchev–Trinajstić information content (AvgIpc) is 2.48. The van der Waals surface area contributed by atoms with E-state index in [1.54, 1.807) is 0 Å². The number of halogens is 3. The quantitative estimate of drug-likeness (QED) is 0.745. The predicted octanol–water partition coefficient (Wildman–Crippen LogP) is 0.756. The molecule has 0 heterocycles. The third-order valence-corrected chi connectivity index (χ3v) is 2.68. The van der Waals surface area contributed by atoms with Crippen molar-refractivity contribution in [3.63, 3.8) is 0 Å². The monoisotopic (exact) mass is 227 g/mol. The van der Waals surface area contributed by atoms with Crippen molar-refractivity contribution in [1.82, 2.24) is 4.90 Å². The van der Waals surface area contributed by atoms with Crippen molar-refractivity contribution in [3.8, 4) is 0 Å². The van der Waals surface area contributed by atoms with E-state index in [1.807, 2.05) is 0 Å². The Morgan fingerprint density at radius 1 is 1.27 bits per heavy atom. The van der Waals surface area contributed by atoms with Gasteiger partial charge in [0.2, 0.25) is 0 Å². The van der Waals surface area contributed by atoms with Crippen LogP contribution < -0.4 is 0 Å². The van der Waals surface area contributed by atoms with E-state index >= 15 is 0 Å². The van der Waals surface area contributed by atoms with Gasteiger partial charge in [0.1, 0.15) is 0 Å². The van der Waals surface area contributed by atoms with Crippen LogP contribution in [0.3, 0.4) is 0 Å². The molecule has 0 bridgehead atoms. The predicted molar refractivity (Wildman–Crippen MR) is 48.4 cm³/mol. The molecule has 90 valence electrons. The smallest absolute Gasteiger partial charge is 0.395 e. The number of hydrogen-bond donors (Lipinski definition) is 2. The number of aliphatic hydroxyl groups is 2. The molecule has 3 nitrogen and oxygen atoms in total. The van der Waals surface area contributed by atoms with Crippen molar-refractivity contribution >= 4 is 0 Å². The van der Waals surface area contributed by atoms with E-state index in [9.17, 15) is 18.3 Å². The zero-order chi connectivity index (χ0) is 11.5. The van der Waals surface area contributed by atoms with Crippen LogP contribution in [0.5, 0.6) is 0 Å². The van der Waals surface area contributed by atoms with Crippen molar-refractivity contribution in [2.24, 2.45) is 0 Å². The minimum atomic E-state index is -4.28. The maximum absolute atomic E-state index is 12.2. The highest BCUT2D eigenvalue weighted by Gasteiger charge is 2.37. The van der Waals surface area contributed by atoms with Gasteiger partial charge in [-0.3, -0.25) is 4.90 Å². The van der Waals surface area contributed by atoms with Gasteiger partial charge in [0.25, 0.3) is 0 Å². The fraction of sp³-hybridized carbons (Fsp3) is 1.00. The van der Waals surface area contributed by atoms with Crippen molar-refractivity contribution in [1.29, 1.82) is 0 Å². The van der Waals surface area contributed by atoms with Crippen molar-refractivity contribution < 1.29 is 23.4 Å². The van der Waals surface area contributed by atoms with E-state index in [2.05, 4.69) is 0 Å². The molecule has 1 aliphatic rings. The Kier molecular flexibility index (Phi) is 4.36. The topological polar surface area (TPSA) is 43.7 Å². The lowest BCUT2D eigenvalue weighted by atomic mass is 10.2. The van der Waals surface area contributed by atoms with Gasteiger partial charge in [0.15, 0.2) is 0 Å². The van der Waals surface area contributed by atoms with E-state index < -0.39 is 24.9 Å². The third kappa shape index (κ3) is 3.96. The first-order valence-corrected chi connectivity index (χ1v) is 5.04. The molecule has 1 rings (SSSR count). The lowest BCUT2D eigenvalue weighted by Crippen LogP contribution is -2.46. The van der Waals surface area contributed by atoms with Crippen LogP contribution in [0, 0.1) is 0 Å². The van der Waals surface area contributed by atoms with Gasteiger partial charge in [-0.2, -0.15) is 13.2 Å². The number of aliphatic hydroxyl groups excluding tert-OH is 2. The fourth-order valence-electron chi connectivity index (χ4n) is 2.07. The van der Waals surface area contributed by atoms with E-state index in [0.717, 1.165) is 11.3 Å². The number of hydrogen-bond acceptors (Lipinski definition) is 3. The lowest BCUT2D eigenvalue weighted by Gasteiger charge is -2.30. The van der Waals surface area contributed by atoms with E-state index in [4.69, 9.17) is 5.11 Å². The molecule has 0 radical (unpaired) electrons. The molecule has 0 saturated heterocycles. The minimum absolute atomic E-state index is 0.0404. The van der Waals surface area contributed by atoms with E-state index in [-0.39, 0.29) is 13.2 Å². The summed E-state index contributed by atoms with van der Waals surface area (Å²) in [6.45, 7) is -1.42. The van der Waals surface area contributed by atoms with Crippen molar-refractivity contribution in [2.75, 3.05) is 19.7 Å². The molecular formula is C9H16F3NO2. The molecular weight excluding hydrogens is 211 g/mol. The first kappa shape index (κ1) is 12.7. The molecule has 0 spiro atoms. The normalized spacial score (nSPS) is 27.6. The van der Waals surface area contributed by atoms with E-state index in [1.165, 1.54) is 0 Å². The van der Waals surface area contributed by atoms with Crippen LogP contribution in [-0.4, -0.2) is 53.1 Å². The van der Waals surface area contributed by atoms with Crippen LogP contribution >= 0.6 is 0 Å². The highest BCUT2D eigenvalue weighted by molar-refractivity contribution is 4.86. The molecule has 0 aliphatic heterocycles. The zero-order valence-corrected chi connectivity index (χ0v) is 8.37. The molecule has 6 heteroatoms. The molecule has 0 amide bonds. The van der Waals surface area contributed by atoms with Crippen LogP contribution in [0.25, 0.3) is 0 Å². The summed E-state index contributed by atoms with van der Waals surface area (Å²) < 4.78 is 36.6. The molecule has 0 aromatic carbocycles. The van der Waals surface area contributed by atoms with Gasteiger partial charge in [-0.05, 0) is 19.3 Å². The Morgan fingerprint density at radius 3 is 2.33 bits per heavy atom. The Morgan fingerprint density at radius 2 is 1.93 bits per heavy atom. The second-order valence-corrected chi connectivity index (χ2v) is 3.87. The van der Waals surface area contributed by atoms with Crippen LogP contribution in [0.2, 0.25) is 0 Å². The van der Waals surface area contributed by atoms with E-state index in [0.29, 0.717) is 12.8 Å². The van der Waals surface area contributed by atoms with Gasteiger partial charge in [0, 0.05) is 12.6 Å². The SMILES string of the molecule is OCCN(CC(F)(F)F)[C@@H]1CCC[C@H]1O. The van der Waals surface area contributed by atoms with Crippen molar-refractivity contribution in [2.45, 2.75) is 37.6 Å². The summed E-state index contributed by atoms with van der Waals surface area (Å²) in [6, 6.07) is -0.459. The molecule has 1 saturated carbocycles. The largest absolute Gasteiger partial charge is 0.401 e. The molecule has 1 fully saturated rings. The first-order chi connectivity index (χ1) is 6.94. The summed E-state index contributed by atoms with van der Waals surface area (Å²) in [5.41, 5.74) is 0. The molecule has 0 aromatic heterocycles. The molecule has 0 aromatic rings. The van der Waals surface area contributed by atoms with Gasteiger partial charge in [-0.15, -0.1) is 0 Å². The van der Waals surface area contributed by atoms with Gasteiger partial charge in [0.05, 0.1) is 19.3 Å². The minimum Gasteiger partial charge on any atom is -0.395 e. The van der Waals surface area contributed by atoms with Gasteiger partial charge in [-0.25, -0.2) is 0 Å². The number of alkyl halides is 3. The Labute approximate surface area is 86.5 Å². The maximum atomic E-state index is 12.2. The molecule has 0 unspecified atom stereocenters. The second kappa shape index (κ2) is 5.14. The number of nitrogens with zero attached hydrogens (tertiary/aromatic N) is 1. The van der Waals surface area contributed by atoms with Crippen LogP contribution in [0.1, 0.15) is 19.3 Å². The Balaban J connectivity index is 2.56. The van der Waals surface area contributed by atoms with Crippen LogP contribution in [0.15, 0.2) is 0 Å². The Bertz CT molecular complexity index is 198. The summed E-state index contributed by atoms with van der Waals surface area (Å²) in [6.07, 6.45) is -3.12. The molecule has 15 heavy (non-hydrogen) atoms. The summed E-state index contributed by atoms with van der Waals surface area (Å²) in [5, 5.41) is 18.2. The zero-order valence-electron chi connectivity index (χ0n) is 8.37. The molecule has 2 N–H and O–H groups in total. The summed E-state index contributed by atoms with van der Waals surface area (Å²) in [4.78, 5) is 1.12. The highest BCUT2D eigenvalue weighted by Crippen LogP contribution is 2.27. The maximum Gasteiger partial charge on any atom is 0.401 e. The van der Waals surface area contributed by atoms with Crippen LogP contribution in [-0.2, 0) is 0 Å². The van der Waals surface area contributed by atoms with Gasteiger partial charge >= 0.3 is 6.18 Å².